The minimum Gasteiger partial charge on any atom is -0.383 e. The molecule has 2 aromatic rings. The first kappa shape index (κ1) is 15.4. The van der Waals surface area contributed by atoms with Crippen molar-refractivity contribution in [3.63, 3.8) is 0 Å². The molecule has 118 valence electrons. The number of hydrogen-bond donors (Lipinski definition) is 1. The van der Waals surface area contributed by atoms with Crippen LogP contribution in [0.1, 0.15) is 48.6 Å². The molecule has 0 spiro atoms. The standard InChI is InChI=1S/C19H26N2O/c1-13(2)14-7-8-19-16(11-14)17(12-20-9-10-22-3)15-5-4-6-18(15)21-19/h7-8,11,13,20H,4-6,9-10,12H2,1-3H3. The summed E-state index contributed by atoms with van der Waals surface area (Å²) in [6.07, 6.45) is 3.54. The number of pyridine rings is 1. The van der Waals surface area contributed by atoms with Crippen molar-refractivity contribution in [2.24, 2.45) is 0 Å². The monoisotopic (exact) mass is 298 g/mol. The Kier molecular flexibility index (Phi) is 4.74. The van der Waals surface area contributed by atoms with Crippen molar-refractivity contribution in [1.29, 1.82) is 0 Å². The Balaban J connectivity index is 2.02. The molecule has 1 heterocycles. The second-order valence-corrected chi connectivity index (χ2v) is 6.47. The molecule has 0 saturated carbocycles. The van der Waals surface area contributed by atoms with Crippen LogP contribution in [0.5, 0.6) is 0 Å². The number of aromatic nitrogens is 1. The Morgan fingerprint density at radius 2 is 2.14 bits per heavy atom. The summed E-state index contributed by atoms with van der Waals surface area (Å²) in [5.74, 6) is 0.548. The molecule has 0 radical (unpaired) electrons. The summed E-state index contributed by atoms with van der Waals surface area (Å²) in [5.41, 5.74) is 6.79. The lowest BCUT2D eigenvalue weighted by Gasteiger charge is -2.15. The van der Waals surface area contributed by atoms with Gasteiger partial charge in [-0.15, -0.1) is 0 Å². The van der Waals surface area contributed by atoms with Gasteiger partial charge in [-0.25, -0.2) is 0 Å². The van der Waals surface area contributed by atoms with Gasteiger partial charge in [0.2, 0.25) is 0 Å². The zero-order valence-electron chi connectivity index (χ0n) is 13.9. The molecule has 1 aliphatic rings. The van der Waals surface area contributed by atoms with Crippen molar-refractivity contribution < 1.29 is 4.74 Å². The van der Waals surface area contributed by atoms with Gasteiger partial charge in [0.25, 0.3) is 0 Å². The van der Waals surface area contributed by atoms with Crippen molar-refractivity contribution in [3.05, 3.63) is 40.6 Å². The van der Waals surface area contributed by atoms with E-state index < -0.39 is 0 Å². The van der Waals surface area contributed by atoms with Gasteiger partial charge >= 0.3 is 0 Å². The largest absolute Gasteiger partial charge is 0.383 e. The van der Waals surface area contributed by atoms with Gasteiger partial charge in [-0.3, -0.25) is 4.98 Å². The molecule has 0 amide bonds. The van der Waals surface area contributed by atoms with E-state index in [-0.39, 0.29) is 0 Å². The number of nitrogens with one attached hydrogen (secondary N) is 1. The fourth-order valence-corrected chi connectivity index (χ4v) is 3.33. The van der Waals surface area contributed by atoms with Crippen LogP contribution in [0.25, 0.3) is 10.9 Å². The van der Waals surface area contributed by atoms with E-state index in [1.807, 2.05) is 0 Å². The molecule has 0 aliphatic heterocycles. The van der Waals surface area contributed by atoms with Gasteiger partial charge < -0.3 is 10.1 Å². The molecular weight excluding hydrogens is 272 g/mol. The quantitative estimate of drug-likeness (QED) is 0.828. The molecule has 3 rings (SSSR count). The summed E-state index contributed by atoms with van der Waals surface area (Å²) in [6, 6.07) is 6.77. The van der Waals surface area contributed by atoms with Crippen LogP contribution in [0.3, 0.4) is 0 Å². The van der Waals surface area contributed by atoms with Crippen LogP contribution < -0.4 is 5.32 Å². The summed E-state index contributed by atoms with van der Waals surface area (Å²) < 4.78 is 5.14. The minimum atomic E-state index is 0.548. The summed E-state index contributed by atoms with van der Waals surface area (Å²) in [4.78, 5) is 4.91. The van der Waals surface area contributed by atoms with E-state index in [1.54, 1.807) is 7.11 Å². The SMILES string of the molecule is COCCNCc1c2c(nc3ccc(C(C)C)cc13)CCC2. The first-order valence-corrected chi connectivity index (χ1v) is 8.34. The van der Waals surface area contributed by atoms with Crippen LogP contribution in [0.15, 0.2) is 18.2 Å². The second kappa shape index (κ2) is 6.76. The average molecular weight is 298 g/mol. The molecule has 0 saturated heterocycles. The van der Waals surface area contributed by atoms with Crippen LogP contribution in [-0.2, 0) is 24.1 Å². The topological polar surface area (TPSA) is 34.1 Å². The van der Waals surface area contributed by atoms with Crippen LogP contribution in [0.2, 0.25) is 0 Å². The molecule has 0 bridgehead atoms. The molecule has 1 aromatic heterocycles. The third-order valence-corrected chi connectivity index (χ3v) is 4.61. The lowest BCUT2D eigenvalue weighted by atomic mass is 9.96. The number of hydrogen-bond acceptors (Lipinski definition) is 3. The van der Waals surface area contributed by atoms with E-state index in [9.17, 15) is 0 Å². The van der Waals surface area contributed by atoms with Crippen LogP contribution in [0, 0.1) is 0 Å². The van der Waals surface area contributed by atoms with Crippen LogP contribution in [0.4, 0.5) is 0 Å². The maximum Gasteiger partial charge on any atom is 0.0708 e. The number of aryl methyl sites for hydroxylation is 1. The van der Waals surface area contributed by atoms with E-state index in [0.717, 1.165) is 31.6 Å². The molecule has 1 N–H and O–H groups in total. The van der Waals surface area contributed by atoms with Gasteiger partial charge in [0.05, 0.1) is 12.1 Å². The molecule has 0 atom stereocenters. The number of fused-ring (bicyclic) bond motifs is 2. The summed E-state index contributed by atoms with van der Waals surface area (Å²) in [7, 11) is 1.75. The van der Waals surface area contributed by atoms with E-state index in [2.05, 4.69) is 37.4 Å². The van der Waals surface area contributed by atoms with Gasteiger partial charge in [0.1, 0.15) is 0 Å². The van der Waals surface area contributed by atoms with Gasteiger partial charge in [0.15, 0.2) is 0 Å². The highest BCUT2D eigenvalue weighted by molar-refractivity contribution is 5.85. The maximum atomic E-state index is 5.14. The predicted molar refractivity (Wildman–Crippen MR) is 91.4 cm³/mol. The zero-order valence-corrected chi connectivity index (χ0v) is 13.9. The number of rotatable bonds is 6. The molecule has 22 heavy (non-hydrogen) atoms. The number of methoxy groups -OCH3 is 1. The molecule has 1 aliphatic carbocycles. The summed E-state index contributed by atoms with van der Waals surface area (Å²) >= 11 is 0. The normalized spacial score (nSPS) is 14.0. The van der Waals surface area contributed by atoms with Crippen molar-refractivity contribution in [2.45, 2.75) is 45.6 Å². The average Bonchev–Trinajstić information content (AvgIpc) is 2.98. The first-order chi connectivity index (χ1) is 10.7. The maximum absolute atomic E-state index is 5.14. The molecule has 0 unspecified atom stereocenters. The Bertz CT molecular complexity index is 664. The van der Waals surface area contributed by atoms with E-state index in [4.69, 9.17) is 9.72 Å². The number of nitrogens with zero attached hydrogens (tertiary/aromatic N) is 1. The Hall–Kier alpha value is -1.45. The molecule has 0 fully saturated rings. The van der Waals surface area contributed by atoms with Gasteiger partial charge in [-0.1, -0.05) is 19.9 Å². The highest BCUT2D eigenvalue weighted by Crippen LogP contribution is 2.31. The Labute approximate surface area is 133 Å². The van der Waals surface area contributed by atoms with Crippen molar-refractivity contribution in [3.8, 4) is 0 Å². The zero-order chi connectivity index (χ0) is 15.5. The van der Waals surface area contributed by atoms with Crippen molar-refractivity contribution >= 4 is 10.9 Å². The number of ether oxygens (including phenoxy) is 1. The third-order valence-electron chi connectivity index (χ3n) is 4.61. The van der Waals surface area contributed by atoms with E-state index in [1.165, 1.54) is 40.6 Å². The highest BCUT2D eigenvalue weighted by atomic mass is 16.5. The van der Waals surface area contributed by atoms with Gasteiger partial charge in [0, 0.05) is 31.3 Å². The van der Waals surface area contributed by atoms with Gasteiger partial charge in [-0.05, 0) is 54.0 Å². The Morgan fingerprint density at radius 1 is 1.27 bits per heavy atom. The van der Waals surface area contributed by atoms with Crippen LogP contribution in [-0.4, -0.2) is 25.2 Å². The molecule has 3 heteroatoms. The summed E-state index contributed by atoms with van der Waals surface area (Å²) in [5, 5.41) is 4.85. The minimum absolute atomic E-state index is 0.548. The molecule has 1 aromatic carbocycles. The van der Waals surface area contributed by atoms with E-state index in [0.29, 0.717) is 5.92 Å². The van der Waals surface area contributed by atoms with Gasteiger partial charge in [-0.2, -0.15) is 0 Å². The Morgan fingerprint density at radius 3 is 2.91 bits per heavy atom. The smallest absolute Gasteiger partial charge is 0.0708 e. The highest BCUT2D eigenvalue weighted by Gasteiger charge is 2.19. The third kappa shape index (κ3) is 3.01. The summed E-state index contributed by atoms with van der Waals surface area (Å²) in [6.45, 7) is 7.05. The number of benzene rings is 1. The first-order valence-electron chi connectivity index (χ1n) is 8.34. The second-order valence-electron chi connectivity index (χ2n) is 6.47. The lowest BCUT2D eigenvalue weighted by molar-refractivity contribution is 0.199. The van der Waals surface area contributed by atoms with Crippen molar-refractivity contribution in [2.75, 3.05) is 20.3 Å². The molecular formula is C19H26N2O. The fraction of sp³-hybridized carbons (Fsp3) is 0.526. The van der Waals surface area contributed by atoms with Crippen molar-refractivity contribution in [1.82, 2.24) is 10.3 Å². The predicted octanol–water partition coefficient (Wildman–Crippen LogP) is 3.58. The lowest BCUT2D eigenvalue weighted by Crippen LogP contribution is -2.20. The fourth-order valence-electron chi connectivity index (χ4n) is 3.33. The molecule has 3 nitrogen and oxygen atoms in total. The van der Waals surface area contributed by atoms with Crippen LogP contribution >= 0.6 is 0 Å². The van der Waals surface area contributed by atoms with E-state index >= 15 is 0 Å².